The molecule has 1 N–H and O–H groups in total. The van der Waals surface area contributed by atoms with Gasteiger partial charge >= 0.3 is 0 Å². The van der Waals surface area contributed by atoms with E-state index in [4.69, 9.17) is 23.2 Å². The van der Waals surface area contributed by atoms with Gasteiger partial charge in [-0.15, -0.1) is 23.2 Å². The number of carbonyl (C=O) groups is 1. The molecular weight excluding hydrogens is 223 g/mol. The van der Waals surface area contributed by atoms with E-state index < -0.39 is 16.2 Å². The maximum atomic E-state index is 11.9. The van der Waals surface area contributed by atoms with Crippen molar-refractivity contribution in [2.24, 2.45) is 16.7 Å². The molecule has 80 valence electrons. The van der Waals surface area contributed by atoms with Crippen molar-refractivity contribution in [1.29, 1.82) is 0 Å². The van der Waals surface area contributed by atoms with E-state index in [-0.39, 0.29) is 18.3 Å². The minimum atomic E-state index is -0.499. The average molecular weight is 237 g/mol. The fourth-order valence-corrected chi connectivity index (χ4v) is 4.43. The van der Waals surface area contributed by atoms with Gasteiger partial charge in [-0.3, -0.25) is 4.79 Å². The molecule has 2 aliphatic carbocycles. The van der Waals surface area contributed by atoms with E-state index in [1.54, 1.807) is 0 Å². The van der Waals surface area contributed by atoms with Gasteiger partial charge in [-0.1, -0.05) is 6.92 Å². The molecule has 0 amide bonds. The monoisotopic (exact) mass is 236 g/mol. The van der Waals surface area contributed by atoms with E-state index in [0.29, 0.717) is 5.88 Å². The molecule has 2 saturated carbocycles. The second-order valence-corrected chi connectivity index (χ2v) is 5.43. The van der Waals surface area contributed by atoms with Crippen LogP contribution < -0.4 is 0 Å². The lowest BCUT2D eigenvalue weighted by atomic mass is 9.69. The van der Waals surface area contributed by atoms with Gasteiger partial charge in [-0.05, 0) is 18.8 Å². The van der Waals surface area contributed by atoms with Crippen LogP contribution in [-0.2, 0) is 4.79 Å². The van der Waals surface area contributed by atoms with Crippen LogP contribution in [0.3, 0.4) is 0 Å². The molecule has 0 aromatic carbocycles. The third-order valence-electron chi connectivity index (χ3n) is 4.43. The van der Waals surface area contributed by atoms with Crippen LogP contribution in [0.2, 0.25) is 0 Å². The van der Waals surface area contributed by atoms with Crippen LogP contribution >= 0.6 is 23.2 Å². The highest BCUT2D eigenvalue weighted by atomic mass is 35.5. The van der Waals surface area contributed by atoms with Crippen molar-refractivity contribution in [3.8, 4) is 0 Å². The molecule has 4 unspecified atom stereocenters. The fourth-order valence-electron chi connectivity index (χ4n) is 3.24. The molecule has 4 atom stereocenters. The first-order valence-electron chi connectivity index (χ1n) is 4.89. The van der Waals surface area contributed by atoms with Crippen LogP contribution in [0, 0.1) is 16.7 Å². The molecule has 2 fully saturated rings. The number of fused-ring (bicyclic) bond motifs is 2. The summed E-state index contributed by atoms with van der Waals surface area (Å²) < 4.78 is 0. The smallest absolute Gasteiger partial charge is 0.157 e. The third kappa shape index (κ3) is 0.903. The summed E-state index contributed by atoms with van der Waals surface area (Å²) in [7, 11) is 0. The standard InChI is InChI=1S/C10H14Cl2O2/c1-9-3-2-6(7(12)8(9)14)10(9,4-11)5-13/h6-7,13H,2-5H2,1H3. The first-order valence-corrected chi connectivity index (χ1v) is 5.86. The zero-order valence-corrected chi connectivity index (χ0v) is 9.61. The lowest BCUT2D eigenvalue weighted by Gasteiger charge is -2.36. The Balaban J connectivity index is 2.50. The molecule has 2 bridgehead atoms. The Bertz CT molecular complexity index is 275. The second kappa shape index (κ2) is 3.10. The summed E-state index contributed by atoms with van der Waals surface area (Å²) in [6.45, 7) is 1.86. The summed E-state index contributed by atoms with van der Waals surface area (Å²) in [6.07, 6.45) is 1.72. The molecule has 14 heavy (non-hydrogen) atoms. The third-order valence-corrected chi connectivity index (χ3v) is 5.41. The Morgan fingerprint density at radius 2 is 2.29 bits per heavy atom. The van der Waals surface area contributed by atoms with E-state index >= 15 is 0 Å². The predicted molar refractivity (Wildman–Crippen MR) is 55.7 cm³/mol. The molecule has 0 spiro atoms. The summed E-state index contributed by atoms with van der Waals surface area (Å²) in [5.41, 5.74) is -0.974. The maximum absolute atomic E-state index is 11.9. The molecule has 0 aliphatic heterocycles. The van der Waals surface area contributed by atoms with Crippen molar-refractivity contribution < 1.29 is 9.90 Å². The molecule has 4 heteroatoms. The number of ketones is 1. The molecule has 0 heterocycles. The fraction of sp³-hybridized carbons (Fsp3) is 0.900. The number of hydrogen-bond acceptors (Lipinski definition) is 2. The minimum absolute atomic E-state index is 0.0351. The predicted octanol–water partition coefficient (Wildman–Crippen LogP) is 1.81. The van der Waals surface area contributed by atoms with Gasteiger partial charge in [0.15, 0.2) is 5.78 Å². The normalized spacial score (nSPS) is 51.6. The van der Waals surface area contributed by atoms with Crippen LogP contribution in [0.15, 0.2) is 0 Å². The van der Waals surface area contributed by atoms with Crippen molar-refractivity contribution in [2.45, 2.75) is 25.1 Å². The largest absolute Gasteiger partial charge is 0.396 e. The summed E-state index contributed by atoms with van der Waals surface area (Å²) >= 11 is 12.0. The number of Topliss-reactive ketones (excluding diaryl/α,β-unsaturated/α-hetero) is 1. The number of carbonyl (C=O) groups excluding carboxylic acids is 1. The van der Waals surface area contributed by atoms with E-state index in [1.807, 2.05) is 6.92 Å². The summed E-state index contributed by atoms with van der Waals surface area (Å²) in [4.78, 5) is 11.9. The Hall–Kier alpha value is 0.210. The van der Waals surface area contributed by atoms with Gasteiger partial charge in [0.05, 0.1) is 12.0 Å². The number of aliphatic hydroxyl groups is 1. The lowest BCUT2D eigenvalue weighted by Crippen LogP contribution is -2.42. The van der Waals surface area contributed by atoms with Gasteiger partial charge in [-0.25, -0.2) is 0 Å². The number of aliphatic hydroxyl groups excluding tert-OH is 1. The van der Waals surface area contributed by atoms with E-state index in [2.05, 4.69) is 0 Å². The molecule has 2 nitrogen and oxygen atoms in total. The SMILES string of the molecule is CC12CCC(C(Cl)C1=O)C2(CO)CCl. The lowest BCUT2D eigenvalue weighted by molar-refractivity contribution is -0.129. The van der Waals surface area contributed by atoms with Crippen molar-refractivity contribution in [3.05, 3.63) is 0 Å². The van der Waals surface area contributed by atoms with E-state index in [9.17, 15) is 9.90 Å². The van der Waals surface area contributed by atoms with E-state index in [1.165, 1.54) is 0 Å². The first-order chi connectivity index (χ1) is 6.53. The highest BCUT2D eigenvalue weighted by molar-refractivity contribution is 6.33. The molecule has 0 radical (unpaired) electrons. The maximum Gasteiger partial charge on any atom is 0.157 e. The average Bonchev–Trinajstić information content (AvgIpc) is 2.56. The molecule has 2 aliphatic rings. The van der Waals surface area contributed by atoms with Crippen LogP contribution in [-0.4, -0.2) is 28.8 Å². The number of rotatable bonds is 2. The summed E-state index contributed by atoms with van der Waals surface area (Å²) in [5, 5.41) is 9.06. The number of hydrogen-bond donors (Lipinski definition) is 1. The van der Waals surface area contributed by atoms with E-state index in [0.717, 1.165) is 12.8 Å². The van der Waals surface area contributed by atoms with Crippen LogP contribution in [0.1, 0.15) is 19.8 Å². The van der Waals surface area contributed by atoms with Crippen LogP contribution in [0.25, 0.3) is 0 Å². The minimum Gasteiger partial charge on any atom is -0.396 e. The van der Waals surface area contributed by atoms with Gasteiger partial charge in [-0.2, -0.15) is 0 Å². The van der Waals surface area contributed by atoms with Crippen molar-refractivity contribution in [2.75, 3.05) is 12.5 Å². The van der Waals surface area contributed by atoms with Crippen LogP contribution in [0.4, 0.5) is 0 Å². The van der Waals surface area contributed by atoms with Crippen molar-refractivity contribution in [3.63, 3.8) is 0 Å². The Morgan fingerprint density at radius 3 is 2.57 bits per heavy atom. The van der Waals surface area contributed by atoms with Gasteiger partial charge in [0.2, 0.25) is 0 Å². The molecule has 0 aromatic rings. The summed E-state index contributed by atoms with van der Waals surface area (Å²) in [6, 6.07) is 0. The van der Waals surface area contributed by atoms with Gasteiger partial charge in [0.1, 0.15) is 0 Å². The first kappa shape index (κ1) is 10.7. The number of halogens is 2. The Morgan fingerprint density at radius 1 is 1.64 bits per heavy atom. The second-order valence-electron chi connectivity index (χ2n) is 4.69. The Labute approximate surface area is 93.6 Å². The van der Waals surface area contributed by atoms with Gasteiger partial charge < -0.3 is 5.11 Å². The van der Waals surface area contributed by atoms with Crippen molar-refractivity contribution >= 4 is 29.0 Å². The van der Waals surface area contributed by atoms with Gasteiger partial charge in [0.25, 0.3) is 0 Å². The molecular formula is C10H14Cl2O2. The molecule has 2 rings (SSSR count). The molecule has 0 aromatic heterocycles. The highest BCUT2D eigenvalue weighted by Crippen LogP contribution is 2.65. The van der Waals surface area contributed by atoms with Gasteiger partial charge in [0, 0.05) is 16.7 Å². The highest BCUT2D eigenvalue weighted by Gasteiger charge is 2.69. The zero-order chi connectivity index (χ0) is 10.6. The quantitative estimate of drug-likeness (QED) is 0.743. The van der Waals surface area contributed by atoms with Crippen molar-refractivity contribution in [1.82, 2.24) is 0 Å². The topological polar surface area (TPSA) is 37.3 Å². The van der Waals surface area contributed by atoms with Crippen LogP contribution in [0.5, 0.6) is 0 Å². The summed E-state index contributed by atoms with van der Waals surface area (Å²) in [5.74, 6) is 0.453. The Kier molecular flexibility index (Phi) is 2.37. The molecule has 0 saturated heterocycles. The number of alkyl halides is 2. The zero-order valence-electron chi connectivity index (χ0n) is 8.09.